The van der Waals surface area contributed by atoms with Crippen molar-refractivity contribution >= 4 is 22.6 Å². The Kier molecular flexibility index (Phi) is 1.93. The van der Waals surface area contributed by atoms with E-state index in [0.29, 0.717) is 0 Å². The van der Waals surface area contributed by atoms with E-state index in [9.17, 15) is 4.79 Å². The molecular formula is C15H12O. The molecule has 0 bridgehead atoms. The average molecular weight is 208 g/mol. The Balaban J connectivity index is 2.35. The lowest BCUT2D eigenvalue weighted by molar-refractivity contribution is -0.117. The molecule has 2 aromatic carbocycles. The van der Waals surface area contributed by atoms with Gasteiger partial charge in [-0.05, 0) is 28.8 Å². The number of Topliss-reactive ketones (excluding diaryl/α,β-unsaturated/α-hetero) is 1. The Hall–Kier alpha value is -1.89. The first kappa shape index (κ1) is 9.34. The highest BCUT2D eigenvalue weighted by molar-refractivity contribution is 5.99. The van der Waals surface area contributed by atoms with Gasteiger partial charge in [-0.15, -0.1) is 0 Å². The summed E-state index contributed by atoms with van der Waals surface area (Å²) in [4.78, 5) is 11.6. The Morgan fingerprint density at radius 1 is 1.12 bits per heavy atom. The van der Waals surface area contributed by atoms with Gasteiger partial charge in [-0.1, -0.05) is 48.6 Å². The lowest BCUT2D eigenvalue weighted by atomic mass is 9.92. The Labute approximate surface area is 94.4 Å². The third kappa shape index (κ3) is 1.21. The molecule has 0 aliphatic heterocycles. The van der Waals surface area contributed by atoms with Gasteiger partial charge in [0.05, 0.1) is 5.92 Å². The molecule has 0 fully saturated rings. The molecule has 0 heterocycles. The molecule has 1 heteroatoms. The monoisotopic (exact) mass is 208 g/mol. The first-order valence-electron chi connectivity index (χ1n) is 5.47. The van der Waals surface area contributed by atoms with Crippen LogP contribution in [-0.2, 0) is 4.79 Å². The van der Waals surface area contributed by atoms with E-state index in [0.717, 1.165) is 0 Å². The number of carbonyl (C=O) groups excluding carboxylic acids is 1. The average Bonchev–Trinajstić information content (AvgIpc) is 2.73. The van der Waals surface area contributed by atoms with Gasteiger partial charge in [0.15, 0.2) is 0 Å². The molecule has 1 unspecified atom stereocenters. The van der Waals surface area contributed by atoms with Crippen LogP contribution in [0.5, 0.6) is 0 Å². The maximum atomic E-state index is 11.6. The molecule has 1 aliphatic carbocycles. The van der Waals surface area contributed by atoms with Gasteiger partial charge in [-0.2, -0.15) is 0 Å². The van der Waals surface area contributed by atoms with Crippen molar-refractivity contribution in [1.82, 2.24) is 0 Å². The number of benzene rings is 2. The molecule has 2 aromatic rings. The zero-order chi connectivity index (χ0) is 11.1. The molecule has 0 aromatic heterocycles. The summed E-state index contributed by atoms with van der Waals surface area (Å²) in [6.07, 6.45) is 4.05. The number of carbonyl (C=O) groups is 1. The molecule has 1 nitrogen and oxygen atoms in total. The number of fused-ring (bicyclic) bond motifs is 3. The minimum Gasteiger partial charge on any atom is -0.299 e. The minimum absolute atomic E-state index is 0.0545. The lowest BCUT2D eigenvalue weighted by Gasteiger charge is -2.11. The molecule has 0 N–H and O–H groups in total. The highest BCUT2D eigenvalue weighted by Gasteiger charge is 2.22. The van der Waals surface area contributed by atoms with Gasteiger partial charge < -0.3 is 0 Å². The predicted octanol–water partition coefficient (Wildman–Crippen LogP) is 3.54. The molecule has 1 atom stereocenters. The van der Waals surface area contributed by atoms with Gasteiger partial charge >= 0.3 is 0 Å². The number of hydrogen-bond donors (Lipinski definition) is 0. The molecule has 0 radical (unpaired) electrons. The predicted molar refractivity (Wildman–Crippen MR) is 66.4 cm³/mol. The van der Waals surface area contributed by atoms with Gasteiger partial charge in [0.2, 0.25) is 0 Å². The number of hydrogen-bond acceptors (Lipinski definition) is 1. The van der Waals surface area contributed by atoms with Crippen LogP contribution in [-0.4, -0.2) is 5.78 Å². The van der Waals surface area contributed by atoms with Crippen LogP contribution in [0.3, 0.4) is 0 Å². The van der Waals surface area contributed by atoms with Gasteiger partial charge in [-0.25, -0.2) is 0 Å². The Morgan fingerprint density at radius 2 is 1.94 bits per heavy atom. The second-order valence-corrected chi connectivity index (χ2v) is 4.24. The number of ketones is 1. The summed E-state index contributed by atoms with van der Waals surface area (Å²) in [6.45, 7) is 1.66. The van der Waals surface area contributed by atoms with Crippen molar-refractivity contribution < 1.29 is 4.79 Å². The topological polar surface area (TPSA) is 17.1 Å². The van der Waals surface area contributed by atoms with Gasteiger partial charge in [0, 0.05) is 0 Å². The fourth-order valence-electron chi connectivity index (χ4n) is 2.44. The molecule has 16 heavy (non-hydrogen) atoms. The fraction of sp³-hybridized carbons (Fsp3) is 0.133. The van der Waals surface area contributed by atoms with Gasteiger partial charge in [0.1, 0.15) is 5.78 Å². The molecule has 0 spiro atoms. The highest BCUT2D eigenvalue weighted by atomic mass is 16.1. The summed E-state index contributed by atoms with van der Waals surface area (Å²) in [5, 5.41) is 2.40. The zero-order valence-electron chi connectivity index (χ0n) is 9.10. The van der Waals surface area contributed by atoms with Crippen molar-refractivity contribution in [3.8, 4) is 0 Å². The standard InChI is InChI=1S/C15H12O/c1-10(16)13-9-8-12-7-6-11-4-2-3-5-14(11)15(12)13/h2-9,13H,1H3. The Bertz CT molecular complexity index is 608. The van der Waals surface area contributed by atoms with Crippen molar-refractivity contribution in [2.75, 3.05) is 0 Å². The zero-order valence-corrected chi connectivity index (χ0v) is 9.10. The third-order valence-electron chi connectivity index (χ3n) is 3.22. The summed E-state index contributed by atoms with van der Waals surface area (Å²) in [7, 11) is 0. The number of allylic oxidation sites excluding steroid dienone is 1. The van der Waals surface area contributed by atoms with E-state index in [1.165, 1.54) is 21.9 Å². The van der Waals surface area contributed by atoms with Crippen LogP contribution in [0.15, 0.2) is 42.5 Å². The van der Waals surface area contributed by atoms with Crippen LogP contribution in [0.1, 0.15) is 24.0 Å². The van der Waals surface area contributed by atoms with Gasteiger partial charge in [0.25, 0.3) is 0 Å². The quantitative estimate of drug-likeness (QED) is 0.700. The Morgan fingerprint density at radius 3 is 2.75 bits per heavy atom. The van der Waals surface area contributed by atoms with E-state index in [2.05, 4.69) is 24.3 Å². The second-order valence-electron chi connectivity index (χ2n) is 4.24. The smallest absolute Gasteiger partial charge is 0.141 e. The SMILES string of the molecule is CC(=O)C1C=Cc2ccc3ccccc3c21. The van der Waals surface area contributed by atoms with E-state index in [-0.39, 0.29) is 11.7 Å². The van der Waals surface area contributed by atoms with Crippen molar-refractivity contribution in [2.45, 2.75) is 12.8 Å². The first-order valence-corrected chi connectivity index (χ1v) is 5.47. The summed E-state index contributed by atoms with van der Waals surface area (Å²) in [6, 6.07) is 12.4. The molecule has 78 valence electrons. The van der Waals surface area contributed by atoms with Crippen LogP contribution in [0, 0.1) is 0 Å². The highest BCUT2D eigenvalue weighted by Crippen LogP contribution is 2.36. The van der Waals surface area contributed by atoms with Crippen LogP contribution in [0.25, 0.3) is 16.8 Å². The molecule has 1 aliphatic rings. The maximum Gasteiger partial charge on any atom is 0.141 e. The summed E-state index contributed by atoms with van der Waals surface area (Å²) < 4.78 is 0. The van der Waals surface area contributed by atoms with E-state index in [1.807, 2.05) is 24.3 Å². The van der Waals surface area contributed by atoms with E-state index in [4.69, 9.17) is 0 Å². The fourth-order valence-corrected chi connectivity index (χ4v) is 2.44. The van der Waals surface area contributed by atoms with E-state index >= 15 is 0 Å². The minimum atomic E-state index is -0.0545. The molecule has 0 saturated heterocycles. The van der Waals surface area contributed by atoms with Crippen molar-refractivity contribution in [3.05, 3.63) is 53.6 Å². The summed E-state index contributed by atoms with van der Waals surface area (Å²) in [5.74, 6) is 0.160. The molecule has 0 saturated carbocycles. The summed E-state index contributed by atoms with van der Waals surface area (Å²) >= 11 is 0. The van der Waals surface area contributed by atoms with Gasteiger partial charge in [-0.3, -0.25) is 4.79 Å². The first-order chi connectivity index (χ1) is 7.77. The van der Waals surface area contributed by atoms with E-state index in [1.54, 1.807) is 6.92 Å². The normalized spacial score (nSPS) is 17.7. The second kappa shape index (κ2) is 3.31. The van der Waals surface area contributed by atoms with Crippen LogP contribution in [0.4, 0.5) is 0 Å². The van der Waals surface area contributed by atoms with Crippen molar-refractivity contribution in [1.29, 1.82) is 0 Å². The summed E-state index contributed by atoms with van der Waals surface area (Å²) in [5.41, 5.74) is 2.35. The third-order valence-corrected chi connectivity index (χ3v) is 3.22. The van der Waals surface area contributed by atoms with Crippen LogP contribution >= 0.6 is 0 Å². The van der Waals surface area contributed by atoms with Crippen LogP contribution in [0.2, 0.25) is 0 Å². The number of rotatable bonds is 1. The van der Waals surface area contributed by atoms with Crippen molar-refractivity contribution in [2.24, 2.45) is 0 Å². The largest absolute Gasteiger partial charge is 0.299 e. The molecule has 0 amide bonds. The maximum absolute atomic E-state index is 11.6. The van der Waals surface area contributed by atoms with E-state index < -0.39 is 0 Å². The lowest BCUT2D eigenvalue weighted by Crippen LogP contribution is -2.04. The molecule has 3 rings (SSSR count). The van der Waals surface area contributed by atoms with Crippen LogP contribution < -0.4 is 0 Å². The molecular weight excluding hydrogens is 196 g/mol. The van der Waals surface area contributed by atoms with Crippen molar-refractivity contribution in [3.63, 3.8) is 0 Å².